The van der Waals surface area contributed by atoms with Gasteiger partial charge in [0.15, 0.2) is 0 Å². The first kappa shape index (κ1) is 22.9. The molecule has 0 aromatic rings. The lowest BCUT2D eigenvalue weighted by molar-refractivity contribution is -0.151. The van der Waals surface area contributed by atoms with Crippen LogP contribution in [0.5, 0.6) is 0 Å². The van der Waals surface area contributed by atoms with Gasteiger partial charge in [0.25, 0.3) is 0 Å². The van der Waals surface area contributed by atoms with Gasteiger partial charge in [-0.15, -0.1) is 0 Å². The zero-order valence-electron chi connectivity index (χ0n) is 18.5. The third kappa shape index (κ3) is 4.87. The van der Waals surface area contributed by atoms with Crippen molar-refractivity contribution in [3.63, 3.8) is 0 Å². The normalized spacial score (nSPS) is 31.4. The average Bonchev–Trinajstić information content (AvgIpc) is 3.03. The molecule has 9 heteroatoms. The van der Waals surface area contributed by atoms with Crippen molar-refractivity contribution in [3.8, 4) is 0 Å². The second-order valence-corrected chi connectivity index (χ2v) is 9.49. The summed E-state index contributed by atoms with van der Waals surface area (Å²) in [6.45, 7) is 0.563. The second-order valence-electron chi connectivity index (χ2n) is 9.49. The fraction of sp³-hybridized carbons (Fsp3) is 0.783. The first-order chi connectivity index (χ1) is 15.5. The number of nitrogens with one attached hydrogen (secondary N) is 2. The molecule has 4 amide bonds. The lowest BCUT2D eigenvalue weighted by Gasteiger charge is -2.31. The van der Waals surface area contributed by atoms with Gasteiger partial charge in [0, 0.05) is 18.9 Å². The molecule has 2 heterocycles. The van der Waals surface area contributed by atoms with E-state index in [2.05, 4.69) is 10.6 Å². The average molecular weight is 448 g/mol. The van der Waals surface area contributed by atoms with Crippen LogP contribution in [-0.4, -0.2) is 59.2 Å². The van der Waals surface area contributed by atoms with Gasteiger partial charge < -0.3 is 10.1 Å². The van der Waals surface area contributed by atoms with Crippen molar-refractivity contribution in [2.45, 2.75) is 95.2 Å². The van der Waals surface area contributed by atoms with E-state index in [-0.39, 0.29) is 48.7 Å². The molecule has 2 saturated heterocycles. The van der Waals surface area contributed by atoms with Crippen LogP contribution in [0.1, 0.15) is 77.0 Å². The molecular formula is C23H33N3O6. The van der Waals surface area contributed by atoms with E-state index in [1.165, 1.54) is 6.42 Å². The van der Waals surface area contributed by atoms with Crippen molar-refractivity contribution < 1.29 is 28.7 Å². The van der Waals surface area contributed by atoms with Crippen molar-refractivity contribution in [2.75, 3.05) is 6.54 Å². The minimum absolute atomic E-state index is 0.0590. The van der Waals surface area contributed by atoms with Gasteiger partial charge in [-0.2, -0.15) is 0 Å². The fourth-order valence-electron chi connectivity index (χ4n) is 5.68. The minimum Gasteiger partial charge on any atom is -0.462 e. The molecule has 0 aromatic carbocycles. The van der Waals surface area contributed by atoms with Crippen LogP contribution in [0.2, 0.25) is 0 Å². The zero-order chi connectivity index (χ0) is 22.7. The third-order valence-electron chi connectivity index (χ3n) is 7.31. The Morgan fingerprint density at radius 2 is 1.75 bits per heavy atom. The Morgan fingerprint density at radius 1 is 0.969 bits per heavy atom. The SMILES string of the molecule is O=C1CCC(N2C(=O)C3CCCC(NCCCC(=O)OC4CCCCC4)C3C2=O)C(=O)N1. The standard InChI is InChI=1S/C23H33N3O6/c27-18-12-11-17(21(29)25-18)26-22(30)15-8-4-9-16(20(15)23(26)31)24-13-5-10-19(28)32-14-6-2-1-3-7-14/h14-17,20,24H,1-13H2,(H,25,27,29). The molecule has 0 bridgehead atoms. The molecule has 0 radical (unpaired) electrons. The molecule has 4 fully saturated rings. The fourth-order valence-corrected chi connectivity index (χ4v) is 5.68. The number of carbonyl (C=O) groups is 5. The number of carbonyl (C=O) groups excluding carboxylic acids is 5. The Kier molecular flexibility index (Phi) is 7.23. The van der Waals surface area contributed by atoms with Crippen molar-refractivity contribution >= 4 is 29.6 Å². The van der Waals surface area contributed by atoms with Gasteiger partial charge >= 0.3 is 5.97 Å². The van der Waals surface area contributed by atoms with Gasteiger partial charge in [0.2, 0.25) is 23.6 Å². The highest BCUT2D eigenvalue weighted by Gasteiger charge is 2.55. The van der Waals surface area contributed by atoms with Crippen LogP contribution in [0.3, 0.4) is 0 Å². The molecule has 176 valence electrons. The van der Waals surface area contributed by atoms with E-state index >= 15 is 0 Å². The highest BCUT2D eigenvalue weighted by atomic mass is 16.5. The number of imide groups is 2. The Bertz CT molecular complexity index is 778. The maximum Gasteiger partial charge on any atom is 0.306 e. The van der Waals surface area contributed by atoms with Crippen LogP contribution < -0.4 is 10.6 Å². The summed E-state index contributed by atoms with van der Waals surface area (Å²) >= 11 is 0. The monoisotopic (exact) mass is 447 g/mol. The summed E-state index contributed by atoms with van der Waals surface area (Å²) in [7, 11) is 0. The first-order valence-electron chi connectivity index (χ1n) is 12.1. The van der Waals surface area contributed by atoms with E-state index in [0.717, 1.165) is 43.4 Å². The van der Waals surface area contributed by atoms with Crippen LogP contribution in [0, 0.1) is 11.8 Å². The summed E-state index contributed by atoms with van der Waals surface area (Å²) in [5, 5.41) is 5.62. The largest absolute Gasteiger partial charge is 0.462 e. The molecule has 32 heavy (non-hydrogen) atoms. The van der Waals surface area contributed by atoms with Crippen molar-refractivity contribution in [2.24, 2.45) is 11.8 Å². The van der Waals surface area contributed by atoms with Crippen LogP contribution in [-0.2, 0) is 28.7 Å². The van der Waals surface area contributed by atoms with E-state index in [1.54, 1.807) is 0 Å². The van der Waals surface area contributed by atoms with Gasteiger partial charge in [0.1, 0.15) is 12.1 Å². The van der Waals surface area contributed by atoms with E-state index in [9.17, 15) is 24.0 Å². The van der Waals surface area contributed by atoms with Crippen LogP contribution in [0.4, 0.5) is 0 Å². The number of amides is 4. The molecule has 2 aliphatic carbocycles. The van der Waals surface area contributed by atoms with Crippen molar-refractivity contribution in [1.82, 2.24) is 15.5 Å². The molecule has 4 unspecified atom stereocenters. The summed E-state index contributed by atoms with van der Waals surface area (Å²) in [5.41, 5.74) is 0. The number of ether oxygens (including phenoxy) is 1. The van der Waals surface area contributed by atoms with Gasteiger partial charge in [0.05, 0.1) is 11.8 Å². The molecule has 4 rings (SSSR count). The van der Waals surface area contributed by atoms with Gasteiger partial charge in [-0.25, -0.2) is 0 Å². The molecular weight excluding hydrogens is 414 g/mol. The Morgan fingerprint density at radius 3 is 2.50 bits per heavy atom. The third-order valence-corrected chi connectivity index (χ3v) is 7.31. The molecule has 2 N–H and O–H groups in total. The number of likely N-dealkylation sites (tertiary alicyclic amines) is 1. The lowest BCUT2D eigenvalue weighted by Crippen LogP contribution is -2.55. The molecule has 2 saturated carbocycles. The number of hydrogen-bond donors (Lipinski definition) is 2. The smallest absolute Gasteiger partial charge is 0.306 e. The lowest BCUT2D eigenvalue weighted by atomic mass is 9.77. The summed E-state index contributed by atoms with van der Waals surface area (Å²) < 4.78 is 5.55. The number of esters is 1. The predicted molar refractivity (Wildman–Crippen MR) is 113 cm³/mol. The first-order valence-corrected chi connectivity index (χ1v) is 12.1. The quantitative estimate of drug-likeness (QED) is 0.341. The summed E-state index contributed by atoms with van der Waals surface area (Å²) in [6.07, 6.45) is 8.89. The highest BCUT2D eigenvalue weighted by Crippen LogP contribution is 2.40. The molecule has 4 atom stereocenters. The molecule has 9 nitrogen and oxygen atoms in total. The number of rotatable bonds is 7. The molecule has 0 spiro atoms. The van der Waals surface area contributed by atoms with E-state index in [0.29, 0.717) is 25.8 Å². The van der Waals surface area contributed by atoms with Gasteiger partial charge in [-0.3, -0.25) is 34.2 Å². The minimum atomic E-state index is -0.895. The Balaban J connectivity index is 1.28. The highest BCUT2D eigenvalue weighted by molar-refractivity contribution is 6.11. The topological polar surface area (TPSA) is 122 Å². The summed E-state index contributed by atoms with van der Waals surface area (Å²) in [5.74, 6) is -2.63. The Labute approximate surface area is 188 Å². The van der Waals surface area contributed by atoms with Crippen molar-refractivity contribution in [1.29, 1.82) is 0 Å². The van der Waals surface area contributed by atoms with Crippen molar-refractivity contribution in [3.05, 3.63) is 0 Å². The van der Waals surface area contributed by atoms with E-state index in [4.69, 9.17) is 4.74 Å². The number of fused-ring (bicyclic) bond motifs is 1. The molecule has 4 aliphatic rings. The molecule has 2 aliphatic heterocycles. The predicted octanol–water partition coefficient (Wildman–Crippen LogP) is 1.19. The molecule has 0 aromatic heterocycles. The van der Waals surface area contributed by atoms with Crippen LogP contribution >= 0.6 is 0 Å². The maximum atomic E-state index is 13.2. The summed E-state index contributed by atoms with van der Waals surface area (Å²) in [6, 6.07) is -1.05. The second kappa shape index (κ2) is 10.1. The summed E-state index contributed by atoms with van der Waals surface area (Å²) in [4.78, 5) is 63.1. The number of piperidine rings is 1. The van der Waals surface area contributed by atoms with Crippen LogP contribution in [0.25, 0.3) is 0 Å². The number of hydrogen-bond acceptors (Lipinski definition) is 7. The number of nitrogens with zero attached hydrogens (tertiary/aromatic N) is 1. The van der Waals surface area contributed by atoms with E-state index in [1.807, 2.05) is 0 Å². The maximum absolute atomic E-state index is 13.2. The van der Waals surface area contributed by atoms with Crippen LogP contribution in [0.15, 0.2) is 0 Å². The van der Waals surface area contributed by atoms with Gasteiger partial charge in [-0.1, -0.05) is 12.8 Å². The Hall–Kier alpha value is -2.29. The van der Waals surface area contributed by atoms with Gasteiger partial charge in [-0.05, 0) is 57.9 Å². The zero-order valence-corrected chi connectivity index (χ0v) is 18.5. The van der Waals surface area contributed by atoms with E-state index < -0.39 is 23.8 Å².